The number of aromatic amines is 2. The molecule has 2 aromatic heterocycles. The molecule has 2 bridgehead atoms. The van der Waals surface area contributed by atoms with Gasteiger partial charge in [-0.25, -0.2) is 14.8 Å². The summed E-state index contributed by atoms with van der Waals surface area (Å²) in [7, 11) is 1.30. The fourth-order valence-electron chi connectivity index (χ4n) is 8.99. The molecule has 278 valence electrons. The number of imidazole rings is 2. The van der Waals surface area contributed by atoms with Crippen LogP contribution in [-0.2, 0) is 14.3 Å². The van der Waals surface area contributed by atoms with Crippen LogP contribution < -0.4 is 10.6 Å². The zero-order valence-electron chi connectivity index (χ0n) is 30.9. The van der Waals surface area contributed by atoms with E-state index < -0.39 is 12.1 Å². The van der Waals surface area contributed by atoms with Crippen molar-refractivity contribution in [3.05, 3.63) is 103 Å². The molecule has 6 atom stereocenters. The van der Waals surface area contributed by atoms with E-state index in [2.05, 4.69) is 74.1 Å². The predicted molar refractivity (Wildman–Crippen MR) is 207 cm³/mol. The summed E-state index contributed by atoms with van der Waals surface area (Å²) >= 11 is 0. The van der Waals surface area contributed by atoms with Crippen molar-refractivity contribution >= 4 is 23.6 Å². The van der Waals surface area contributed by atoms with E-state index in [-0.39, 0.29) is 35.6 Å². The largest absolute Gasteiger partial charge is 0.453 e. The van der Waals surface area contributed by atoms with E-state index in [9.17, 15) is 14.4 Å². The first-order chi connectivity index (χ1) is 26.3. The van der Waals surface area contributed by atoms with Crippen LogP contribution in [-0.4, -0.2) is 62.4 Å². The summed E-state index contributed by atoms with van der Waals surface area (Å²) in [6.45, 7) is 4.43. The number of carbonyl (C=O) groups excluding carboxylic acids is 3. The number of para-hydroxylation sites is 1. The third-order valence-electron chi connectivity index (χ3n) is 11.7. The Hall–Kier alpha value is -5.71. The number of ether oxygens (including phenoxy) is 1. The van der Waals surface area contributed by atoms with Crippen LogP contribution in [0.5, 0.6) is 0 Å². The van der Waals surface area contributed by atoms with Gasteiger partial charge in [0.1, 0.15) is 17.7 Å². The Morgan fingerprint density at radius 3 is 2.00 bits per heavy atom. The molecule has 1 saturated heterocycles. The van der Waals surface area contributed by atoms with Crippen LogP contribution in [0.2, 0.25) is 0 Å². The van der Waals surface area contributed by atoms with Crippen LogP contribution in [0.15, 0.2) is 91.3 Å². The van der Waals surface area contributed by atoms with Gasteiger partial charge in [-0.15, -0.1) is 0 Å². The number of nitrogens with zero attached hydrogens (tertiary/aromatic N) is 3. The molecule has 2 aliphatic carbocycles. The van der Waals surface area contributed by atoms with Gasteiger partial charge < -0.3 is 30.2 Å². The molecule has 3 fully saturated rings. The third kappa shape index (κ3) is 6.90. The molecule has 8 rings (SSSR count). The van der Waals surface area contributed by atoms with Crippen molar-refractivity contribution in [3.63, 3.8) is 0 Å². The normalized spacial score (nSPS) is 22.4. The van der Waals surface area contributed by atoms with Crippen LogP contribution in [0.25, 0.3) is 33.6 Å². The number of hydrogen-bond donors (Lipinski definition) is 4. The maximum Gasteiger partial charge on any atom is 0.407 e. The second kappa shape index (κ2) is 15.0. The van der Waals surface area contributed by atoms with Gasteiger partial charge in [0.25, 0.3) is 0 Å². The van der Waals surface area contributed by atoms with E-state index in [0.717, 1.165) is 83.1 Å². The summed E-state index contributed by atoms with van der Waals surface area (Å²) in [6.07, 6.45) is 8.09. The van der Waals surface area contributed by atoms with Crippen LogP contribution in [0.4, 0.5) is 10.5 Å². The van der Waals surface area contributed by atoms with Crippen LogP contribution in [0, 0.1) is 23.7 Å². The molecule has 3 heterocycles. The number of alkyl carbamates (subject to hydrolysis) is 1. The maximum atomic E-state index is 13.5. The van der Waals surface area contributed by atoms with E-state index >= 15 is 0 Å². The molecular weight excluding hydrogens is 679 g/mol. The van der Waals surface area contributed by atoms with Gasteiger partial charge in [-0.05, 0) is 84.2 Å². The molecule has 1 aliphatic heterocycles. The standard InChI is InChI=1S/C43H47N7O4/c1-25(2)38(49-43(53)54-3)42(52)50-21-7-10-35(50)39-44-23-33(47-39)28-15-11-26(12-16-28)27-13-17-29(18-14-27)34-24-45-40(48-34)36-30-19-20-31(22-30)37(36)41(51)46-32-8-5-4-6-9-32/h4-6,8-9,11-18,23-25,30-31,35-38H,7,10,19-22H2,1-3H3,(H,44,47)(H,45,48)(H,46,51)(H,49,53)/t30?,31?,35-,36-,37-,38?/m0/s1. The molecule has 3 aliphatic rings. The number of rotatable bonds is 10. The number of aromatic nitrogens is 4. The summed E-state index contributed by atoms with van der Waals surface area (Å²) in [6, 6.07) is 25.7. The van der Waals surface area contributed by atoms with E-state index in [0.29, 0.717) is 18.4 Å². The highest BCUT2D eigenvalue weighted by Crippen LogP contribution is 2.56. The first-order valence-corrected chi connectivity index (χ1v) is 19.1. The van der Waals surface area contributed by atoms with Crippen LogP contribution in [0.3, 0.4) is 0 Å². The molecule has 11 heteroatoms. The number of fused-ring (bicyclic) bond motifs is 2. The smallest absolute Gasteiger partial charge is 0.407 e. The number of benzene rings is 3. The minimum absolute atomic E-state index is 0.0809. The van der Waals surface area contributed by atoms with E-state index in [4.69, 9.17) is 9.72 Å². The molecule has 0 spiro atoms. The number of methoxy groups -OCH3 is 1. The summed E-state index contributed by atoms with van der Waals surface area (Å²) in [5, 5.41) is 5.86. The Balaban J connectivity index is 0.929. The molecule has 4 N–H and O–H groups in total. The number of H-pyrrole nitrogens is 2. The van der Waals surface area contributed by atoms with Gasteiger partial charge in [-0.3, -0.25) is 9.59 Å². The number of nitrogens with one attached hydrogen (secondary N) is 4. The predicted octanol–water partition coefficient (Wildman–Crippen LogP) is 7.95. The van der Waals surface area contributed by atoms with Crippen LogP contribution in [0.1, 0.15) is 69.6 Å². The van der Waals surface area contributed by atoms with Crippen molar-refractivity contribution < 1.29 is 19.1 Å². The van der Waals surface area contributed by atoms with Crippen molar-refractivity contribution in [2.24, 2.45) is 23.7 Å². The Morgan fingerprint density at radius 2 is 1.37 bits per heavy atom. The molecule has 3 amide bonds. The monoisotopic (exact) mass is 725 g/mol. The van der Waals surface area contributed by atoms with E-state index in [1.54, 1.807) is 0 Å². The lowest BCUT2D eigenvalue weighted by Crippen LogP contribution is -2.51. The molecule has 5 aromatic rings. The average Bonchev–Trinajstić information content (AvgIpc) is 4.05. The summed E-state index contributed by atoms with van der Waals surface area (Å²) in [5.41, 5.74) is 6.91. The second-order valence-corrected chi connectivity index (χ2v) is 15.3. The zero-order chi connectivity index (χ0) is 37.3. The fourth-order valence-corrected chi connectivity index (χ4v) is 8.99. The lowest BCUT2D eigenvalue weighted by atomic mass is 9.78. The maximum absolute atomic E-state index is 13.5. The topological polar surface area (TPSA) is 145 Å². The van der Waals surface area contributed by atoms with Gasteiger partial charge >= 0.3 is 6.09 Å². The Morgan fingerprint density at radius 1 is 0.778 bits per heavy atom. The van der Waals surface area contributed by atoms with Gasteiger partial charge in [0.2, 0.25) is 11.8 Å². The number of likely N-dealkylation sites (tertiary alicyclic amines) is 1. The molecule has 54 heavy (non-hydrogen) atoms. The number of carbonyl (C=O) groups is 3. The molecule has 2 saturated carbocycles. The Kier molecular flexibility index (Phi) is 9.79. The van der Waals surface area contributed by atoms with Gasteiger partial charge in [0.05, 0.1) is 42.9 Å². The fraction of sp³-hybridized carbons (Fsp3) is 0.372. The van der Waals surface area contributed by atoms with Gasteiger partial charge in [-0.1, -0.05) is 80.6 Å². The number of amides is 3. The average molecular weight is 726 g/mol. The molecular formula is C43H47N7O4. The van der Waals surface area contributed by atoms with Gasteiger partial charge in [-0.2, -0.15) is 0 Å². The first-order valence-electron chi connectivity index (χ1n) is 19.1. The highest BCUT2D eigenvalue weighted by Gasteiger charge is 2.52. The highest BCUT2D eigenvalue weighted by molar-refractivity contribution is 5.93. The SMILES string of the molecule is COC(=O)NC(C(=O)N1CCC[C@H]1c1ncc(-c2ccc(-c3ccc(-c4cnc([C@H]5C6CCC(C6)[C@@H]5C(=O)Nc5ccccc5)[nH]4)cc3)cc2)[nH]1)C(C)C. The van der Waals surface area contributed by atoms with Crippen molar-refractivity contribution in [2.75, 3.05) is 19.0 Å². The minimum Gasteiger partial charge on any atom is -0.453 e. The van der Waals surface area contributed by atoms with Gasteiger partial charge in [0, 0.05) is 18.2 Å². The molecule has 3 unspecified atom stereocenters. The van der Waals surface area contributed by atoms with Crippen molar-refractivity contribution in [3.8, 4) is 33.6 Å². The first kappa shape index (κ1) is 35.3. The van der Waals surface area contributed by atoms with Crippen molar-refractivity contribution in [1.29, 1.82) is 0 Å². The number of hydrogen-bond acceptors (Lipinski definition) is 6. The number of anilines is 1. The summed E-state index contributed by atoms with van der Waals surface area (Å²) < 4.78 is 4.76. The van der Waals surface area contributed by atoms with E-state index in [1.165, 1.54) is 7.11 Å². The Labute approximate surface area is 315 Å². The molecule has 0 radical (unpaired) electrons. The molecule has 11 nitrogen and oxygen atoms in total. The highest BCUT2D eigenvalue weighted by atomic mass is 16.5. The summed E-state index contributed by atoms with van der Waals surface area (Å²) in [4.78, 5) is 57.4. The third-order valence-corrected chi connectivity index (χ3v) is 11.7. The van der Waals surface area contributed by atoms with Crippen LogP contribution >= 0.6 is 0 Å². The molecule has 3 aromatic carbocycles. The summed E-state index contributed by atoms with van der Waals surface area (Å²) in [5.74, 6) is 2.41. The lowest BCUT2D eigenvalue weighted by Gasteiger charge is -2.30. The van der Waals surface area contributed by atoms with Crippen molar-refractivity contribution in [1.82, 2.24) is 30.2 Å². The minimum atomic E-state index is -0.675. The van der Waals surface area contributed by atoms with Gasteiger partial charge in [0.15, 0.2) is 0 Å². The Bertz CT molecular complexity index is 2110. The van der Waals surface area contributed by atoms with Crippen molar-refractivity contribution in [2.45, 2.75) is 64.0 Å². The second-order valence-electron chi connectivity index (χ2n) is 15.3. The zero-order valence-corrected chi connectivity index (χ0v) is 30.9. The van der Waals surface area contributed by atoms with E-state index in [1.807, 2.05) is 61.5 Å². The quantitative estimate of drug-likeness (QED) is 0.115. The lowest BCUT2D eigenvalue weighted by molar-refractivity contribution is -0.135.